The molecule has 0 unspecified atom stereocenters. The molecule has 1 aromatic heterocycles. The molecule has 0 fully saturated rings. The van der Waals surface area contributed by atoms with Gasteiger partial charge in [-0.3, -0.25) is 10.4 Å². The third kappa shape index (κ3) is 4.22. The van der Waals surface area contributed by atoms with Gasteiger partial charge in [-0.05, 0) is 31.8 Å². The maximum absolute atomic E-state index is 10.8. The van der Waals surface area contributed by atoms with E-state index in [-0.39, 0.29) is 0 Å². The van der Waals surface area contributed by atoms with Crippen molar-refractivity contribution in [3.8, 4) is 16.9 Å². The van der Waals surface area contributed by atoms with Gasteiger partial charge in [-0.1, -0.05) is 6.07 Å². The van der Waals surface area contributed by atoms with Crippen molar-refractivity contribution in [3.05, 3.63) is 30.6 Å². The molecule has 2 aromatic rings. The largest absolute Gasteiger partial charge is 0.490 e. The van der Waals surface area contributed by atoms with Crippen LogP contribution in [0.5, 0.6) is 5.75 Å². The molecule has 21 heavy (non-hydrogen) atoms. The lowest BCUT2D eigenvalue weighted by Crippen LogP contribution is -2.20. The zero-order valence-electron chi connectivity index (χ0n) is 12.0. The number of ether oxygens (including phenoxy) is 1. The molecule has 0 bridgehead atoms. The fraction of sp³-hybridized carbons (Fsp3) is 0.286. The highest BCUT2D eigenvalue weighted by Crippen LogP contribution is 2.30. The first-order valence-corrected chi connectivity index (χ1v) is 6.47. The Bertz CT molecular complexity index is 596. The van der Waals surface area contributed by atoms with Crippen molar-refractivity contribution in [2.45, 2.75) is 0 Å². The van der Waals surface area contributed by atoms with Crippen molar-refractivity contribution < 1.29 is 14.6 Å². The van der Waals surface area contributed by atoms with E-state index in [1.165, 1.54) is 0 Å². The van der Waals surface area contributed by atoms with E-state index in [0.717, 1.165) is 17.7 Å². The third-order valence-electron chi connectivity index (χ3n) is 2.85. The van der Waals surface area contributed by atoms with Crippen LogP contribution < -0.4 is 10.1 Å². The Morgan fingerprint density at radius 2 is 2.24 bits per heavy atom. The Balaban J connectivity index is 2.22. The maximum atomic E-state index is 10.8. The number of nitrogens with zero attached hydrogens (tertiary/aromatic N) is 2. The summed E-state index contributed by atoms with van der Waals surface area (Å²) in [5.41, 5.74) is 2.24. The minimum atomic E-state index is -1.12. The second kappa shape index (κ2) is 6.76. The number of hydrogen-bond donors (Lipinski definition) is 3. The van der Waals surface area contributed by atoms with Crippen molar-refractivity contribution in [3.63, 3.8) is 0 Å². The number of aromatic nitrogens is 2. The van der Waals surface area contributed by atoms with Crippen LogP contribution in [-0.2, 0) is 0 Å². The van der Waals surface area contributed by atoms with E-state index in [9.17, 15) is 4.79 Å². The lowest BCUT2D eigenvalue weighted by molar-refractivity contribution is 0.209. The molecule has 0 aliphatic rings. The summed E-state index contributed by atoms with van der Waals surface area (Å²) in [4.78, 5) is 12.8. The summed E-state index contributed by atoms with van der Waals surface area (Å²) in [5.74, 6) is 0.498. The van der Waals surface area contributed by atoms with Gasteiger partial charge in [-0.2, -0.15) is 5.10 Å². The van der Waals surface area contributed by atoms with Gasteiger partial charge >= 0.3 is 6.09 Å². The number of amides is 1. The molecule has 0 atom stereocenters. The summed E-state index contributed by atoms with van der Waals surface area (Å²) in [6.45, 7) is 1.21. The van der Waals surface area contributed by atoms with Crippen LogP contribution in [0.3, 0.4) is 0 Å². The molecule has 112 valence electrons. The van der Waals surface area contributed by atoms with Crippen LogP contribution >= 0.6 is 0 Å². The number of carboxylic acid groups (broad SMARTS) is 1. The van der Waals surface area contributed by atoms with E-state index in [2.05, 4.69) is 15.5 Å². The van der Waals surface area contributed by atoms with E-state index in [1.54, 1.807) is 24.5 Å². The molecule has 7 heteroatoms. The van der Waals surface area contributed by atoms with Gasteiger partial charge in [0.25, 0.3) is 0 Å². The average molecular weight is 290 g/mol. The molecule has 0 aliphatic heterocycles. The number of carbonyl (C=O) groups is 1. The molecular weight excluding hydrogens is 272 g/mol. The third-order valence-corrected chi connectivity index (χ3v) is 2.85. The Labute approximate surface area is 122 Å². The number of hydrogen-bond acceptors (Lipinski definition) is 4. The highest BCUT2D eigenvalue weighted by atomic mass is 16.5. The summed E-state index contributed by atoms with van der Waals surface area (Å²) in [6.07, 6.45) is 2.34. The summed E-state index contributed by atoms with van der Waals surface area (Å²) in [7, 11) is 3.89. The van der Waals surface area contributed by atoms with Gasteiger partial charge in [0.2, 0.25) is 0 Å². The standard InChI is InChI=1S/C14H18N4O3/c1-18(2)5-6-21-13-7-10(11-8-15-16-9-11)3-4-12(13)17-14(19)20/h3-4,7-9,17H,5-6H2,1-2H3,(H,15,16)(H,19,20). The van der Waals surface area contributed by atoms with E-state index in [0.29, 0.717) is 18.0 Å². The first kappa shape index (κ1) is 14.9. The zero-order chi connectivity index (χ0) is 15.2. The molecule has 0 saturated carbocycles. The van der Waals surface area contributed by atoms with Crippen molar-refractivity contribution >= 4 is 11.8 Å². The van der Waals surface area contributed by atoms with Gasteiger partial charge < -0.3 is 14.7 Å². The lowest BCUT2D eigenvalue weighted by Gasteiger charge is -2.14. The van der Waals surface area contributed by atoms with Crippen LogP contribution in [0.15, 0.2) is 30.6 Å². The highest BCUT2D eigenvalue weighted by molar-refractivity contribution is 5.86. The number of H-pyrrole nitrogens is 1. The number of aromatic amines is 1. The lowest BCUT2D eigenvalue weighted by atomic mass is 10.1. The van der Waals surface area contributed by atoms with Crippen LogP contribution in [0.2, 0.25) is 0 Å². The smallest absolute Gasteiger partial charge is 0.409 e. The van der Waals surface area contributed by atoms with Crippen LogP contribution in [0.4, 0.5) is 10.5 Å². The van der Waals surface area contributed by atoms with Crippen molar-refractivity contribution in [1.29, 1.82) is 0 Å². The molecule has 0 saturated heterocycles. The fourth-order valence-corrected chi connectivity index (χ4v) is 1.79. The predicted octanol–water partition coefficient (Wildman–Crippen LogP) is 2.11. The van der Waals surface area contributed by atoms with E-state index < -0.39 is 6.09 Å². The number of anilines is 1. The minimum Gasteiger partial charge on any atom is -0.490 e. The molecule has 1 aromatic carbocycles. The second-order valence-electron chi connectivity index (χ2n) is 4.78. The fourth-order valence-electron chi connectivity index (χ4n) is 1.79. The van der Waals surface area contributed by atoms with Crippen molar-refractivity contribution in [2.24, 2.45) is 0 Å². The van der Waals surface area contributed by atoms with Gasteiger partial charge in [-0.25, -0.2) is 4.79 Å². The van der Waals surface area contributed by atoms with Crippen LogP contribution in [0.1, 0.15) is 0 Å². The summed E-state index contributed by atoms with van der Waals surface area (Å²) in [5, 5.41) is 17.9. The monoisotopic (exact) mass is 290 g/mol. The van der Waals surface area contributed by atoms with E-state index >= 15 is 0 Å². The van der Waals surface area contributed by atoms with Crippen LogP contribution in [-0.4, -0.2) is 53.5 Å². The molecule has 0 aliphatic carbocycles. The second-order valence-corrected chi connectivity index (χ2v) is 4.78. The topological polar surface area (TPSA) is 90.5 Å². The van der Waals surface area contributed by atoms with Crippen molar-refractivity contribution in [1.82, 2.24) is 15.1 Å². The van der Waals surface area contributed by atoms with E-state index in [4.69, 9.17) is 9.84 Å². The summed E-state index contributed by atoms with van der Waals surface area (Å²) in [6, 6.07) is 5.29. The van der Waals surface area contributed by atoms with Gasteiger partial charge in [-0.15, -0.1) is 0 Å². The normalized spacial score (nSPS) is 10.6. The first-order chi connectivity index (χ1) is 10.1. The van der Waals surface area contributed by atoms with Crippen LogP contribution in [0.25, 0.3) is 11.1 Å². The maximum Gasteiger partial charge on any atom is 0.409 e. The number of rotatable bonds is 6. The number of benzene rings is 1. The SMILES string of the molecule is CN(C)CCOc1cc(-c2cn[nH]c2)ccc1NC(=O)O. The predicted molar refractivity (Wildman–Crippen MR) is 79.7 cm³/mol. The summed E-state index contributed by atoms with van der Waals surface area (Å²) >= 11 is 0. The van der Waals surface area contributed by atoms with Gasteiger partial charge in [0.15, 0.2) is 0 Å². The minimum absolute atomic E-state index is 0.425. The molecule has 3 N–H and O–H groups in total. The molecule has 7 nitrogen and oxygen atoms in total. The Morgan fingerprint density at radius 3 is 2.86 bits per heavy atom. The zero-order valence-corrected chi connectivity index (χ0v) is 12.0. The molecule has 2 rings (SSSR count). The summed E-state index contributed by atoms with van der Waals surface area (Å²) < 4.78 is 5.69. The molecule has 0 spiro atoms. The van der Waals surface area contributed by atoms with Gasteiger partial charge in [0, 0.05) is 18.3 Å². The van der Waals surface area contributed by atoms with Gasteiger partial charge in [0.05, 0.1) is 11.9 Å². The number of nitrogens with one attached hydrogen (secondary N) is 2. The molecule has 1 amide bonds. The highest BCUT2D eigenvalue weighted by Gasteiger charge is 2.10. The number of likely N-dealkylation sites (N-methyl/N-ethyl adjacent to an activating group) is 1. The molecule has 0 radical (unpaired) electrons. The Hall–Kier alpha value is -2.54. The molecule has 1 heterocycles. The Morgan fingerprint density at radius 1 is 1.43 bits per heavy atom. The molecular formula is C14H18N4O3. The first-order valence-electron chi connectivity index (χ1n) is 6.47. The quantitative estimate of drug-likeness (QED) is 0.758. The Kier molecular flexibility index (Phi) is 4.78. The van der Waals surface area contributed by atoms with E-state index in [1.807, 2.05) is 25.1 Å². The van der Waals surface area contributed by atoms with Crippen molar-refractivity contribution in [2.75, 3.05) is 32.6 Å². The van der Waals surface area contributed by atoms with Gasteiger partial charge in [0.1, 0.15) is 12.4 Å². The van der Waals surface area contributed by atoms with Crippen LogP contribution in [0, 0.1) is 0 Å². The average Bonchev–Trinajstić information content (AvgIpc) is 2.93.